The van der Waals surface area contributed by atoms with Crippen molar-refractivity contribution < 1.29 is 14.3 Å². The van der Waals surface area contributed by atoms with Crippen molar-refractivity contribution in [2.24, 2.45) is 0 Å². The first-order valence-electron chi connectivity index (χ1n) is 8.22. The molecule has 1 atom stereocenters. The van der Waals surface area contributed by atoms with Crippen molar-refractivity contribution in [1.29, 1.82) is 0 Å². The summed E-state index contributed by atoms with van der Waals surface area (Å²) < 4.78 is 10.3. The first-order chi connectivity index (χ1) is 11.7. The summed E-state index contributed by atoms with van der Waals surface area (Å²) >= 11 is 0. The zero-order valence-corrected chi connectivity index (χ0v) is 14.5. The standard InChI is InChI=1S/C20H25NO3/c1-4-19(16-8-12-18(24-3)13-9-16)21-20(22)14-7-15-5-10-17(23-2)11-6-15/h5-6,8-13,19H,4,7,14H2,1-3H3,(H,21,22)/t19-/m0/s1. The number of hydrogen-bond acceptors (Lipinski definition) is 3. The first kappa shape index (κ1) is 17.9. The lowest BCUT2D eigenvalue weighted by Crippen LogP contribution is -2.28. The van der Waals surface area contributed by atoms with E-state index in [1.54, 1.807) is 14.2 Å². The van der Waals surface area contributed by atoms with Crippen LogP contribution >= 0.6 is 0 Å². The van der Waals surface area contributed by atoms with Gasteiger partial charge in [0.05, 0.1) is 20.3 Å². The van der Waals surface area contributed by atoms with Crippen molar-refractivity contribution in [3.8, 4) is 11.5 Å². The smallest absolute Gasteiger partial charge is 0.220 e. The molecule has 0 fully saturated rings. The summed E-state index contributed by atoms with van der Waals surface area (Å²) in [5.41, 5.74) is 2.22. The Balaban J connectivity index is 1.88. The second kappa shape index (κ2) is 8.96. The van der Waals surface area contributed by atoms with Crippen LogP contribution in [-0.2, 0) is 11.2 Å². The Morgan fingerprint density at radius 1 is 0.958 bits per heavy atom. The van der Waals surface area contributed by atoms with Crippen molar-refractivity contribution in [3.63, 3.8) is 0 Å². The highest BCUT2D eigenvalue weighted by Crippen LogP contribution is 2.20. The van der Waals surface area contributed by atoms with E-state index in [9.17, 15) is 4.79 Å². The molecule has 0 saturated carbocycles. The van der Waals surface area contributed by atoms with Gasteiger partial charge in [0.25, 0.3) is 0 Å². The highest BCUT2D eigenvalue weighted by molar-refractivity contribution is 5.76. The van der Waals surface area contributed by atoms with Crippen molar-refractivity contribution in [1.82, 2.24) is 5.32 Å². The van der Waals surface area contributed by atoms with Gasteiger partial charge in [-0.05, 0) is 48.2 Å². The average molecular weight is 327 g/mol. The normalized spacial score (nSPS) is 11.6. The maximum absolute atomic E-state index is 12.2. The van der Waals surface area contributed by atoms with Crippen LogP contribution in [-0.4, -0.2) is 20.1 Å². The van der Waals surface area contributed by atoms with E-state index in [2.05, 4.69) is 12.2 Å². The maximum Gasteiger partial charge on any atom is 0.220 e. The average Bonchev–Trinajstić information content (AvgIpc) is 2.65. The van der Waals surface area contributed by atoms with E-state index in [0.29, 0.717) is 6.42 Å². The van der Waals surface area contributed by atoms with Gasteiger partial charge in [0.1, 0.15) is 11.5 Å². The van der Waals surface area contributed by atoms with Gasteiger partial charge in [-0.1, -0.05) is 31.2 Å². The fourth-order valence-electron chi connectivity index (χ4n) is 2.57. The molecule has 0 bridgehead atoms. The molecule has 0 aliphatic heterocycles. The summed E-state index contributed by atoms with van der Waals surface area (Å²) in [5, 5.41) is 3.11. The van der Waals surface area contributed by atoms with Gasteiger partial charge in [0.15, 0.2) is 0 Å². The third-order valence-electron chi connectivity index (χ3n) is 4.06. The van der Waals surface area contributed by atoms with E-state index in [1.807, 2.05) is 48.5 Å². The molecule has 4 heteroatoms. The molecule has 1 N–H and O–H groups in total. The predicted octanol–water partition coefficient (Wildman–Crippen LogP) is 3.90. The van der Waals surface area contributed by atoms with Crippen LogP contribution in [0.5, 0.6) is 11.5 Å². The molecule has 0 radical (unpaired) electrons. The maximum atomic E-state index is 12.2. The number of carbonyl (C=O) groups excluding carboxylic acids is 1. The molecule has 2 rings (SSSR count). The number of amides is 1. The van der Waals surface area contributed by atoms with Crippen LogP contribution in [0.15, 0.2) is 48.5 Å². The number of rotatable bonds is 8. The third kappa shape index (κ3) is 5.01. The van der Waals surface area contributed by atoms with Gasteiger partial charge >= 0.3 is 0 Å². The van der Waals surface area contributed by atoms with Crippen molar-refractivity contribution in [2.75, 3.05) is 14.2 Å². The molecule has 0 aromatic heterocycles. The Hall–Kier alpha value is -2.49. The fourth-order valence-corrected chi connectivity index (χ4v) is 2.57. The summed E-state index contributed by atoms with van der Waals surface area (Å²) in [6, 6.07) is 15.7. The molecular weight excluding hydrogens is 302 g/mol. The fraction of sp³-hybridized carbons (Fsp3) is 0.350. The van der Waals surface area contributed by atoms with E-state index in [-0.39, 0.29) is 11.9 Å². The van der Waals surface area contributed by atoms with Gasteiger partial charge in [-0.2, -0.15) is 0 Å². The summed E-state index contributed by atoms with van der Waals surface area (Å²) in [5.74, 6) is 1.71. The Bertz CT molecular complexity index is 635. The Labute approximate surface area is 143 Å². The molecule has 0 aliphatic rings. The minimum absolute atomic E-state index is 0.0271. The number of aryl methyl sites for hydroxylation is 1. The third-order valence-corrected chi connectivity index (χ3v) is 4.06. The van der Waals surface area contributed by atoms with Gasteiger partial charge in [0.2, 0.25) is 5.91 Å². The van der Waals surface area contributed by atoms with Gasteiger partial charge in [-0.15, -0.1) is 0 Å². The molecule has 24 heavy (non-hydrogen) atoms. The van der Waals surface area contributed by atoms with Crippen LogP contribution in [0.4, 0.5) is 0 Å². The molecule has 2 aromatic carbocycles. The molecule has 1 amide bonds. The summed E-state index contributed by atoms with van der Waals surface area (Å²) in [7, 11) is 3.29. The van der Waals surface area contributed by atoms with Crippen LogP contribution in [0.2, 0.25) is 0 Å². The molecule has 128 valence electrons. The van der Waals surface area contributed by atoms with Crippen LogP contribution in [0, 0.1) is 0 Å². The zero-order chi connectivity index (χ0) is 17.4. The number of nitrogens with one attached hydrogen (secondary N) is 1. The zero-order valence-electron chi connectivity index (χ0n) is 14.5. The predicted molar refractivity (Wildman–Crippen MR) is 95.5 cm³/mol. The van der Waals surface area contributed by atoms with Crippen LogP contribution in [0.25, 0.3) is 0 Å². The Morgan fingerprint density at radius 3 is 2.00 bits per heavy atom. The van der Waals surface area contributed by atoms with E-state index >= 15 is 0 Å². The number of benzene rings is 2. The quantitative estimate of drug-likeness (QED) is 0.800. The van der Waals surface area contributed by atoms with Gasteiger partial charge < -0.3 is 14.8 Å². The Morgan fingerprint density at radius 2 is 1.50 bits per heavy atom. The molecule has 0 unspecified atom stereocenters. The van der Waals surface area contributed by atoms with Crippen LogP contribution < -0.4 is 14.8 Å². The van der Waals surface area contributed by atoms with E-state index in [0.717, 1.165) is 35.5 Å². The van der Waals surface area contributed by atoms with Crippen LogP contribution in [0.1, 0.15) is 36.9 Å². The molecule has 0 heterocycles. The molecule has 2 aromatic rings. The summed E-state index contributed by atoms with van der Waals surface area (Å²) in [4.78, 5) is 12.2. The highest BCUT2D eigenvalue weighted by atomic mass is 16.5. The van der Waals surface area contributed by atoms with E-state index < -0.39 is 0 Å². The number of carbonyl (C=O) groups is 1. The molecule has 4 nitrogen and oxygen atoms in total. The monoisotopic (exact) mass is 327 g/mol. The lowest BCUT2D eigenvalue weighted by Gasteiger charge is -2.18. The minimum atomic E-state index is 0.0271. The van der Waals surface area contributed by atoms with Crippen LogP contribution in [0.3, 0.4) is 0 Å². The second-order valence-electron chi connectivity index (χ2n) is 5.65. The van der Waals surface area contributed by atoms with E-state index in [1.165, 1.54) is 0 Å². The lowest BCUT2D eigenvalue weighted by atomic mass is 10.0. The molecule has 0 aliphatic carbocycles. The summed E-state index contributed by atoms with van der Waals surface area (Å²) in [6.45, 7) is 2.07. The molecule has 0 saturated heterocycles. The second-order valence-corrected chi connectivity index (χ2v) is 5.65. The van der Waals surface area contributed by atoms with E-state index in [4.69, 9.17) is 9.47 Å². The van der Waals surface area contributed by atoms with Crippen molar-refractivity contribution in [3.05, 3.63) is 59.7 Å². The van der Waals surface area contributed by atoms with Gasteiger partial charge in [-0.25, -0.2) is 0 Å². The highest BCUT2D eigenvalue weighted by Gasteiger charge is 2.12. The largest absolute Gasteiger partial charge is 0.497 e. The van der Waals surface area contributed by atoms with Gasteiger partial charge in [-0.3, -0.25) is 4.79 Å². The summed E-state index contributed by atoms with van der Waals surface area (Å²) in [6.07, 6.45) is 2.04. The van der Waals surface area contributed by atoms with Gasteiger partial charge in [0, 0.05) is 6.42 Å². The minimum Gasteiger partial charge on any atom is -0.497 e. The number of ether oxygens (including phenoxy) is 2. The SMILES string of the molecule is CC[C@H](NC(=O)CCc1ccc(OC)cc1)c1ccc(OC)cc1. The molecule has 0 spiro atoms. The topological polar surface area (TPSA) is 47.6 Å². The number of hydrogen-bond donors (Lipinski definition) is 1. The molecular formula is C20H25NO3. The lowest BCUT2D eigenvalue weighted by molar-refractivity contribution is -0.121. The van der Waals surface area contributed by atoms with Crippen molar-refractivity contribution >= 4 is 5.91 Å². The number of methoxy groups -OCH3 is 2. The Kier molecular flexibility index (Phi) is 6.67. The first-order valence-corrected chi connectivity index (χ1v) is 8.22. The van der Waals surface area contributed by atoms with Crippen molar-refractivity contribution in [2.45, 2.75) is 32.2 Å².